The summed E-state index contributed by atoms with van der Waals surface area (Å²) in [6, 6.07) is 67.9. The van der Waals surface area contributed by atoms with Gasteiger partial charge in [-0.1, -0.05) is 115 Å². The standard InChI is InChI=1S/C58H31N5OS/c1-2-12-32(13-3-1)33-14-10-15-35(30-33)61-41-19-7-4-16-36(41)38-25-24-34(31-46(38)61)54-57-55(40-18-6-9-23-49(40)65-57)60-58(59-54)63-44-22-11-21-43-50(44)51-45(63)27-29-47-52(51)53-48(64-47)28-26-39-37-17-5-8-20-42(37)62(43)56(39)53/h1-31H. The van der Waals surface area contributed by atoms with E-state index in [2.05, 4.69) is 202 Å². The van der Waals surface area contributed by atoms with Gasteiger partial charge in [-0.15, -0.1) is 11.3 Å². The summed E-state index contributed by atoms with van der Waals surface area (Å²) in [7, 11) is 0. The molecule has 0 atom stereocenters. The topological polar surface area (TPSA) is 53.2 Å². The molecule has 7 heterocycles. The average Bonchev–Trinajstić information content (AvgIpc) is 4.15. The van der Waals surface area contributed by atoms with Crippen molar-refractivity contribution in [3.8, 4) is 34.0 Å². The van der Waals surface area contributed by atoms with Crippen molar-refractivity contribution >= 4 is 125 Å². The summed E-state index contributed by atoms with van der Waals surface area (Å²) in [5.41, 5.74) is 16.1. The number of fused-ring (bicyclic) bond motifs is 10. The van der Waals surface area contributed by atoms with Crippen molar-refractivity contribution < 1.29 is 4.42 Å². The largest absolute Gasteiger partial charge is 0.456 e. The number of furan rings is 1. The Balaban J connectivity index is 1.01. The summed E-state index contributed by atoms with van der Waals surface area (Å²) < 4.78 is 16.1. The smallest absolute Gasteiger partial charge is 0.235 e. The first-order valence-electron chi connectivity index (χ1n) is 22.0. The fraction of sp³-hybridized carbons (Fsp3) is 0. The van der Waals surface area contributed by atoms with Crippen molar-refractivity contribution in [3.63, 3.8) is 0 Å². The van der Waals surface area contributed by atoms with Crippen LogP contribution < -0.4 is 0 Å². The first-order chi connectivity index (χ1) is 32.2. The van der Waals surface area contributed by atoms with E-state index in [1.54, 1.807) is 11.3 Å². The molecule has 0 fully saturated rings. The second-order valence-corrected chi connectivity index (χ2v) is 18.3. The van der Waals surface area contributed by atoms with Crippen LogP contribution >= 0.6 is 11.3 Å². The van der Waals surface area contributed by atoms with E-state index in [1.807, 2.05) is 0 Å². The predicted octanol–water partition coefficient (Wildman–Crippen LogP) is 15.7. The van der Waals surface area contributed by atoms with Gasteiger partial charge in [0.1, 0.15) is 11.2 Å². The Bertz CT molecular complexity index is 4660. The van der Waals surface area contributed by atoms with Gasteiger partial charge in [-0.05, 0) is 83.9 Å². The molecule has 0 unspecified atom stereocenters. The summed E-state index contributed by atoms with van der Waals surface area (Å²) in [6.45, 7) is 0. The molecule has 6 nitrogen and oxygen atoms in total. The van der Waals surface area contributed by atoms with Gasteiger partial charge in [0, 0.05) is 59.0 Å². The summed E-state index contributed by atoms with van der Waals surface area (Å²) in [5.74, 6) is 0.639. The van der Waals surface area contributed by atoms with Crippen LogP contribution in [-0.2, 0) is 0 Å². The monoisotopic (exact) mass is 845 g/mol. The molecule has 0 aliphatic carbocycles. The number of benzene rings is 9. The maximum atomic E-state index is 6.70. The number of nitrogens with zero attached hydrogens (tertiary/aromatic N) is 5. The van der Waals surface area contributed by atoms with Crippen molar-refractivity contribution in [2.24, 2.45) is 0 Å². The predicted molar refractivity (Wildman–Crippen MR) is 270 cm³/mol. The second kappa shape index (κ2) is 12.1. The van der Waals surface area contributed by atoms with Gasteiger partial charge >= 0.3 is 0 Å². The quantitative estimate of drug-likeness (QED) is 0.177. The van der Waals surface area contributed by atoms with Gasteiger partial charge in [0.2, 0.25) is 5.95 Å². The lowest BCUT2D eigenvalue weighted by atomic mass is 10.0. The Labute approximate surface area is 372 Å². The van der Waals surface area contributed by atoms with Crippen LogP contribution in [0.5, 0.6) is 0 Å². The molecule has 65 heavy (non-hydrogen) atoms. The molecule has 0 radical (unpaired) electrons. The average molecular weight is 846 g/mol. The lowest BCUT2D eigenvalue weighted by Crippen LogP contribution is -2.03. The molecule has 16 rings (SSSR count). The lowest BCUT2D eigenvalue weighted by Gasteiger charge is -2.12. The molecule has 0 saturated heterocycles. The SMILES string of the molecule is c1ccc(-c2cccc(-n3c4ccccc4c4ccc(-c5nc(-n6c7ccc8oc9ccc%10c%11ccccc%11n%11c%12cccc6c%12c7c8c9c%10%11)nc6c5sc5ccccc56)cc43)c2)cc1. The maximum absolute atomic E-state index is 6.70. The van der Waals surface area contributed by atoms with Crippen LogP contribution in [0.3, 0.4) is 0 Å². The van der Waals surface area contributed by atoms with Gasteiger partial charge in [0.15, 0.2) is 0 Å². The number of hydrogen-bond acceptors (Lipinski definition) is 4. The number of aromatic nitrogens is 5. The molecule has 0 aliphatic rings. The third kappa shape index (κ3) is 4.33. The van der Waals surface area contributed by atoms with E-state index < -0.39 is 0 Å². The number of para-hydroxylation sites is 2. The first kappa shape index (κ1) is 34.0. The van der Waals surface area contributed by atoms with Gasteiger partial charge in [-0.3, -0.25) is 4.57 Å². The Kier molecular flexibility index (Phi) is 6.35. The van der Waals surface area contributed by atoms with Crippen LogP contribution in [0.25, 0.3) is 147 Å². The lowest BCUT2D eigenvalue weighted by molar-refractivity contribution is 0.669. The zero-order chi connectivity index (χ0) is 42.1. The molecule has 16 aromatic rings. The Morgan fingerprint density at radius 3 is 1.98 bits per heavy atom. The minimum atomic E-state index is 0.639. The third-order valence-electron chi connectivity index (χ3n) is 14.0. The highest BCUT2D eigenvalue weighted by molar-refractivity contribution is 7.26. The highest BCUT2D eigenvalue weighted by Gasteiger charge is 2.28. The minimum Gasteiger partial charge on any atom is -0.456 e. The van der Waals surface area contributed by atoms with Crippen LogP contribution in [0.4, 0.5) is 0 Å². The number of rotatable bonds is 4. The molecule has 0 bridgehead atoms. The molecule has 7 heteroatoms. The van der Waals surface area contributed by atoms with Crippen LogP contribution in [0.2, 0.25) is 0 Å². The number of thiophene rings is 1. The van der Waals surface area contributed by atoms with E-state index in [0.29, 0.717) is 5.95 Å². The molecule has 0 saturated carbocycles. The van der Waals surface area contributed by atoms with Gasteiger partial charge in [0.05, 0.1) is 59.9 Å². The molecule has 0 spiro atoms. The normalized spacial score (nSPS) is 12.6. The summed E-state index contributed by atoms with van der Waals surface area (Å²) in [5, 5.41) is 10.6. The van der Waals surface area contributed by atoms with Crippen molar-refractivity contribution in [1.29, 1.82) is 0 Å². The fourth-order valence-electron chi connectivity index (χ4n) is 11.3. The van der Waals surface area contributed by atoms with Crippen molar-refractivity contribution in [2.75, 3.05) is 0 Å². The van der Waals surface area contributed by atoms with E-state index in [-0.39, 0.29) is 0 Å². The van der Waals surface area contributed by atoms with Crippen molar-refractivity contribution in [3.05, 3.63) is 188 Å². The highest BCUT2D eigenvalue weighted by atomic mass is 32.1. The molecule has 0 amide bonds. The molecular weight excluding hydrogens is 815 g/mol. The first-order valence-corrected chi connectivity index (χ1v) is 22.8. The van der Waals surface area contributed by atoms with E-state index in [0.717, 1.165) is 87.5 Å². The molecule has 300 valence electrons. The summed E-state index contributed by atoms with van der Waals surface area (Å²) in [4.78, 5) is 11.3. The van der Waals surface area contributed by atoms with E-state index in [1.165, 1.54) is 53.8 Å². The van der Waals surface area contributed by atoms with Crippen LogP contribution in [0.1, 0.15) is 0 Å². The Hall–Kier alpha value is -8.52. The van der Waals surface area contributed by atoms with Crippen LogP contribution in [-0.4, -0.2) is 23.5 Å². The van der Waals surface area contributed by atoms with E-state index in [4.69, 9.17) is 14.4 Å². The summed E-state index contributed by atoms with van der Waals surface area (Å²) in [6.07, 6.45) is 0. The van der Waals surface area contributed by atoms with E-state index >= 15 is 0 Å². The van der Waals surface area contributed by atoms with Gasteiger partial charge in [-0.2, -0.15) is 0 Å². The Morgan fingerprint density at radius 2 is 1.08 bits per heavy atom. The molecule has 0 N–H and O–H groups in total. The second-order valence-electron chi connectivity index (χ2n) is 17.3. The number of hydrogen-bond donors (Lipinski definition) is 0. The van der Waals surface area contributed by atoms with E-state index in [9.17, 15) is 0 Å². The van der Waals surface area contributed by atoms with Gasteiger partial charge in [0.25, 0.3) is 0 Å². The zero-order valence-electron chi connectivity index (χ0n) is 34.5. The van der Waals surface area contributed by atoms with Crippen LogP contribution in [0.15, 0.2) is 192 Å². The fourth-order valence-corrected chi connectivity index (χ4v) is 12.5. The Morgan fingerprint density at radius 1 is 0.400 bits per heavy atom. The van der Waals surface area contributed by atoms with Crippen LogP contribution in [0, 0.1) is 0 Å². The highest BCUT2D eigenvalue weighted by Crippen LogP contribution is 2.49. The van der Waals surface area contributed by atoms with Crippen molar-refractivity contribution in [2.45, 2.75) is 0 Å². The van der Waals surface area contributed by atoms with Gasteiger partial charge < -0.3 is 13.4 Å². The molecule has 7 aromatic heterocycles. The summed E-state index contributed by atoms with van der Waals surface area (Å²) >= 11 is 1.76. The van der Waals surface area contributed by atoms with Crippen molar-refractivity contribution in [1.82, 2.24) is 23.5 Å². The maximum Gasteiger partial charge on any atom is 0.235 e. The van der Waals surface area contributed by atoms with Gasteiger partial charge in [-0.25, -0.2) is 9.97 Å². The molecular formula is C58H31N5OS. The molecule has 0 aliphatic heterocycles. The third-order valence-corrected chi connectivity index (χ3v) is 15.1. The molecule has 9 aromatic carbocycles. The minimum absolute atomic E-state index is 0.639. The zero-order valence-corrected chi connectivity index (χ0v) is 35.3.